The maximum absolute atomic E-state index is 6.97. The van der Waals surface area contributed by atoms with E-state index in [0.29, 0.717) is 0 Å². The molecule has 0 saturated heterocycles. The molecule has 1 aliphatic rings. The van der Waals surface area contributed by atoms with Crippen LogP contribution in [-0.2, 0) is 5.41 Å². The Labute approximate surface area is 279 Å². The van der Waals surface area contributed by atoms with E-state index < -0.39 is 0 Å². The number of furan rings is 1. The molecule has 1 aromatic heterocycles. The molecule has 226 valence electrons. The summed E-state index contributed by atoms with van der Waals surface area (Å²) in [4.78, 5) is 0. The van der Waals surface area contributed by atoms with Crippen LogP contribution in [0.1, 0.15) is 25.0 Å². The lowest BCUT2D eigenvalue weighted by Crippen LogP contribution is -2.14. The number of rotatable bonds is 3. The van der Waals surface area contributed by atoms with Gasteiger partial charge in [-0.05, 0) is 66.2 Å². The molecule has 8 aromatic carbocycles. The first-order chi connectivity index (χ1) is 23.6. The molecule has 0 amide bonds. The second-order valence-corrected chi connectivity index (χ2v) is 13.6. The lowest BCUT2D eigenvalue weighted by molar-refractivity contribution is 0.620. The van der Waals surface area contributed by atoms with Crippen molar-refractivity contribution in [2.75, 3.05) is 0 Å². The minimum absolute atomic E-state index is 0.140. The maximum Gasteiger partial charge on any atom is 0.143 e. The van der Waals surface area contributed by atoms with Crippen molar-refractivity contribution in [3.05, 3.63) is 169 Å². The highest BCUT2D eigenvalue weighted by Gasteiger charge is 2.40. The van der Waals surface area contributed by atoms with Crippen LogP contribution in [0.5, 0.6) is 0 Å². The zero-order chi connectivity index (χ0) is 32.0. The monoisotopic (exact) mass is 612 g/mol. The van der Waals surface area contributed by atoms with Gasteiger partial charge in [0.25, 0.3) is 0 Å². The van der Waals surface area contributed by atoms with Crippen LogP contribution in [-0.4, -0.2) is 0 Å². The van der Waals surface area contributed by atoms with Crippen molar-refractivity contribution in [1.29, 1.82) is 0 Å². The number of benzene rings is 8. The fraction of sp³-hybridized carbons (Fsp3) is 0.0638. The van der Waals surface area contributed by atoms with Gasteiger partial charge in [0.05, 0.1) is 0 Å². The first-order valence-electron chi connectivity index (χ1n) is 16.8. The minimum Gasteiger partial charge on any atom is -0.455 e. The molecule has 0 fully saturated rings. The van der Waals surface area contributed by atoms with E-state index in [2.05, 4.69) is 172 Å². The first-order valence-corrected chi connectivity index (χ1v) is 16.8. The van der Waals surface area contributed by atoms with Crippen molar-refractivity contribution in [3.8, 4) is 44.7 Å². The summed E-state index contributed by atoms with van der Waals surface area (Å²) < 4.78 is 6.97. The van der Waals surface area contributed by atoms with Gasteiger partial charge in [-0.25, -0.2) is 0 Å². The molecule has 1 heterocycles. The highest BCUT2D eigenvalue weighted by Crippen LogP contribution is 2.55. The molecule has 48 heavy (non-hydrogen) atoms. The Balaban J connectivity index is 1.25. The molecule has 9 aromatic rings. The summed E-state index contributed by atoms with van der Waals surface area (Å²) in [6.45, 7) is 4.65. The number of fused-ring (bicyclic) bond motifs is 8. The van der Waals surface area contributed by atoms with Gasteiger partial charge in [0.15, 0.2) is 0 Å². The molecule has 0 atom stereocenters. The summed E-state index contributed by atoms with van der Waals surface area (Å²) >= 11 is 0. The molecule has 0 aliphatic heterocycles. The lowest BCUT2D eigenvalue weighted by atomic mass is 9.81. The van der Waals surface area contributed by atoms with E-state index in [9.17, 15) is 0 Å². The van der Waals surface area contributed by atoms with Crippen molar-refractivity contribution in [3.63, 3.8) is 0 Å². The largest absolute Gasteiger partial charge is 0.455 e. The molecule has 0 unspecified atom stereocenters. The van der Waals surface area contributed by atoms with Gasteiger partial charge in [-0.15, -0.1) is 0 Å². The molecule has 1 aliphatic carbocycles. The van der Waals surface area contributed by atoms with E-state index in [1.807, 2.05) is 0 Å². The van der Waals surface area contributed by atoms with Crippen LogP contribution in [0.3, 0.4) is 0 Å². The number of para-hydroxylation sites is 1. The Morgan fingerprint density at radius 1 is 0.417 bits per heavy atom. The molecule has 0 bridgehead atoms. The zero-order valence-corrected chi connectivity index (χ0v) is 26.9. The van der Waals surface area contributed by atoms with Crippen LogP contribution < -0.4 is 0 Å². The van der Waals surface area contributed by atoms with E-state index >= 15 is 0 Å². The summed E-state index contributed by atoms with van der Waals surface area (Å²) in [5.74, 6) is 1.01. The Hall–Kier alpha value is -5.92. The summed E-state index contributed by atoms with van der Waals surface area (Å²) in [6, 6.07) is 57.5. The van der Waals surface area contributed by atoms with E-state index in [-0.39, 0.29) is 5.41 Å². The summed E-state index contributed by atoms with van der Waals surface area (Å²) in [5.41, 5.74) is 12.0. The summed E-state index contributed by atoms with van der Waals surface area (Å²) in [7, 11) is 0. The van der Waals surface area contributed by atoms with E-state index in [4.69, 9.17) is 4.42 Å². The molecule has 1 nitrogen and oxygen atoms in total. The van der Waals surface area contributed by atoms with Gasteiger partial charge >= 0.3 is 0 Å². The average Bonchev–Trinajstić information content (AvgIpc) is 3.64. The van der Waals surface area contributed by atoms with Crippen molar-refractivity contribution >= 4 is 43.3 Å². The van der Waals surface area contributed by atoms with E-state index in [0.717, 1.165) is 16.9 Å². The molecular weight excluding hydrogens is 581 g/mol. The topological polar surface area (TPSA) is 13.1 Å². The van der Waals surface area contributed by atoms with Crippen molar-refractivity contribution in [2.24, 2.45) is 0 Å². The van der Waals surface area contributed by atoms with Crippen LogP contribution in [0.4, 0.5) is 0 Å². The van der Waals surface area contributed by atoms with Gasteiger partial charge in [0.2, 0.25) is 0 Å². The molecule has 1 heteroatoms. The second kappa shape index (κ2) is 10.0. The molecule has 10 rings (SSSR count). The SMILES string of the molecule is CC1(C)c2ccccc2-c2oc3c(-c4c5ccccc5c(-c5cccc(-c6cccc7ccccc67)c5)c5ccccc45)cccc3c21. The average molecular weight is 613 g/mol. The third kappa shape index (κ3) is 3.73. The fourth-order valence-electron chi connectivity index (χ4n) is 8.54. The van der Waals surface area contributed by atoms with Gasteiger partial charge in [0.1, 0.15) is 11.3 Å². The van der Waals surface area contributed by atoms with Crippen LogP contribution >= 0.6 is 0 Å². The second-order valence-electron chi connectivity index (χ2n) is 13.6. The quantitative estimate of drug-likeness (QED) is 0.181. The molecule has 0 radical (unpaired) electrons. The summed E-state index contributed by atoms with van der Waals surface area (Å²) in [6.07, 6.45) is 0. The predicted octanol–water partition coefficient (Wildman–Crippen LogP) is 13.2. The minimum atomic E-state index is -0.140. The Bertz CT molecular complexity index is 2690. The van der Waals surface area contributed by atoms with Crippen molar-refractivity contribution in [2.45, 2.75) is 19.3 Å². The van der Waals surface area contributed by atoms with Crippen LogP contribution in [0, 0.1) is 0 Å². The summed E-state index contributed by atoms with van der Waals surface area (Å²) in [5, 5.41) is 8.66. The maximum atomic E-state index is 6.97. The molecular formula is C47H32O. The Morgan fingerprint density at radius 3 is 1.71 bits per heavy atom. The number of hydrogen-bond donors (Lipinski definition) is 0. The van der Waals surface area contributed by atoms with Gasteiger partial charge < -0.3 is 4.42 Å². The van der Waals surface area contributed by atoms with Crippen LogP contribution in [0.15, 0.2) is 162 Å². The normalized spacial score (nSPS) is 13.4. The van der Waals surface area contributed by atoms with Gasteiger partial charge in [0, 0.05) is 33.1 Å². The third-order valence-corrected chi connectivity index (χ3v) is 10.6. The van der Waals surface area contributed by atoms with E-state index in [1.54, 1.807) is 0 Å². The standard InChI is InChI=1S/C47H32O/c1-47(2)41-27-10-9-23-38(41)46-44(47)40-26-13-25-39(45(40)48-46)43-36-21-7-5-19-34(36)42(35-20-6-8-22-37(35)43)31-17-11-16-30(28-31)33-24-12-15-29-14-3-4-18-32(29)33/h3-28H,1-2H3. The molecule has 0 spiro atoms. The highest BCUT2D eigenvalue weighted by atomic mass is 16.3. The van der Waals surface area contributed by atoms with E-state index in [1.165, 1.54) is 82.2 Å². The molecule has 0 saturated carbocycles. The van der Waals surface area contributed by atoms with Gasteiger partial charge in [-0.1, -0.05) is 166 Å². The van der Waals surface area contributed by atoms with Crippen molar-refractivity contribution < 1.29 is 4.42 Å². The Kier molecular flexibility index (Phi) is 5.69. The smallest absolute Gasteiger partial charge is 0.143 e. The molecule has 0 N–H and O–H groups in total. The fourth-order valence-corrected chi connectivity index (χ4v) is 8.54. The van der Waals surface area contributed by atoms with Gasteiger partial charge in [-0.3, -0.25) is 0 Å². The third-order valence-electron chi connectivity index (χ3n) is 10.6. The van der Waals surface area contributed by atoms with Gasteiger partial charge in [-0.2, -0.15) is 0 Å². The van der Waals surface area contributed by atoms with Crippen LogP contribution in [0.2, 0.25) is 0 Å². The van der Waals surface area contributed by atoms with Crippen molar-refractivity contribution in [1.82, 2.24) is 0 Å². The highest BCUT2D eigenvalue weighted by molar-refractivity contribution is 6.23. The predicted molar refractivity (Wildman–Crippen MR) is 203 cm³/mol. The lowest BCUT2D eigenvalue weighted by Gasteiger charge is -2.21. The zero-order valence-electron chi connectivity index (χ0n) is 26.9. The van der Waals surface area contributed by atoms with Crippen LogP contribution in [0.25, 0.3) is 88.0 Å². The first kappa shape index (κ1) is 27.2. The number of hydrogen-bond acceptors (Lipinski definition) is 1. The Morgan fingerprint density at radius 2 is 0.938 bits per heavy atom.